The quantitative estimate of drug-likeness (QED) is 0.0184. The fourth-order valence-electron chi connectivity index (χ4n) is 8.36. The largest absolute Gasteiger partial charge is 0.490 e. The number of fused-ring (bicyclic) bond motifs is 1. The van der Waals surface area contributed by atoms with Crippen molar-refractivity contribution in [2.45, 2.75) is 196 Å². The molecule has 0 aliphatic heterocycles. The fourth-order valence-corrected chi connectivity index (χ4v) is 8.36. The van der Waals surface area contributed by atoms with Gasteiger partial charge in [0.25, 0.3) is 0 Å². The third-order valence-electron chi connectivity index (χ3n) is 12.7. The Kier molecular flexibility index (Phi) is 31.3. The van der Waals surface area contributed by atoms with Crippen molar-refractivity contribution in [3.8, 4) is 46.0 Å². The molecule has 0 saturated heterocycles. The van der Waals surface area contributed by atoms with Gasteiger partial charge < -0.3 is 37.9 Å². The molecule has 0 heterocycles. The molecule has 0 fully saturated rings. The van der Waals surface area contributed by atoms with Crippen molar-refractivity contribution in [3.05, 3.63) is 83.9 Å². The Morgan fingerprint density at radius 1 is 0.338 bits per heavy atom. The van der Waals surface area contributed by atoms with Gasteiger partial charge in [-0.25, -0.2) is 9.59 Å². The van der Waals surface area contributed by atoms with Crippen LogP contribution in [0.1, 0.15) is 207 Å². The van der Waals surface area contributed by atoms with E-state index in [0.717, 1.165) is 152 Å². The molecule has 0 spiro atoms. The zero-order valence-corrected chi connectivity index (χ0v) is 46.4. The Hall–Kier alpha value is -5.64. The maximum Gasteiger partial charge on any atom is 0.336 e. The summed E-state index contributed by atoms with van der Waals surface area (Å²) in [7, 11) is 0. The van der Waals surface area contributed by atoms with E-state index in [-0.39, 0.29) is 0 Å². The van der Waals surface area contributed by atoms with Crippen molar-refractivity contribution in [2.75, 3.05) is 39.6 Å². The van der Waals surface area contributed by atoms with Gasteiger partial charge in [-0.05, 0) is 110 Å². The van der Waals surface area contributed by atoms with Gasteiger partial charge in [-0.15, -0.1) is 0 Å². The second kappa shape index (κ2) is 38.0. The molecule has 0 N–H and O–H groups in total. The second-order valence-corrected chi connectivity index (χ2v) is 19.3. The predicted molar refractivity (Wildman–Crippen MR) is 304 cm³/mol. The third-order valence-corrected chi connectivity index (χ3v) is 12.7. The number of unbranched alkanes of at least 4 members (excludes halogenated alkanes) is 18. The van der Waals surface area contributed by atoms with E-state index < -0.39 is 11.9 Å². The Morgan fingerprint density at radius 2 is 0.635 bits per heavy atom. The average Bonchev–Trinajstić information content (AvgIpc) is 3.40. The number of carbonyl (C=O) groups excluding carboxylic acids is 2. The average molecular weight is 1020 g/mol. The highest BCUT2D eigenvalue weighted by atomic mass is 16.6. The van der Waals surface area contributed by atoms with Gasteiger partial charge in [0.05, 0.1) is 39.6 Å². The number of esters is 2. The highest BCUT2D eigenvalue weighted by Crippen LogP contribution is 2.43. The first-order valence-corrected chi connectivity index (χ1v) is 28.8. The third kappa shape index (κ3) is 23.3. The monoisotopic (exact) mass is 1020 g/mol. The van der Waals surface area contributed by atoms with Crippen molar-refractivity contribution in [1.29, 1.82) is 0 Å². The lowest BCUT2D eigenvalue weighted by Crippen LogP contribution is -2.08. The molecule has 0 saturated carbocycles. The zero-order chi connectivity index (χ0) is 52.9. The van der Waals surface area contributed by atoms with Crippen LogP contribution in [0.2, 0.25) is 0 Å². The number of rotatable bonds is 42. The van der Waals surface area contributed by atoms with Gasteiger partial charge in [0.2, 0.25) is 11.5 Å². The zero-order valence-electron chi connectivity index (χ0n) is 46.4. The van der Waals surface area contributed by atoms with Crippen molar-refractivity contribution in [3.63, 3.8) is 0 Å². The van der Waals surface area contributed by atoms with Crippen LogP contribution in [0.25, 0.3) is 22.9 Å². The fraction of sp³-hybridized carbons (Fsp3) is 0.562. The lowest BCUT2D eigenvalue weighted by atomic mass is 10.1. The van der Waals surface area contributed by atoms with Gasteiger partial charge in [0.1, 0.15) is 11.5 Å². The van der Waals surface area contributed by atoms with Crippen LogP contribution in [0.4, 0.5) is 0 Å². The van der Waals surface area contributed by atoms with Crippen LogP contribution in [-0.4, -0.2) is 51.6 Å². The van der Waals surface area contributed by atoms with E-state index in [9.17, 15) is 9.59 Å². The molecule has 74 heavy (non-hydrogen) atoms. The summed E-state index contributed by atoms with van der Waals surface area (Å²) in [6.07, 6.45) is 32.2. The lowest BCUT2D eigenvalue weighted by molar-refractivity contribution is -0.129. The number of hydrogen-bond donors (Lipinski definition) is 0. The van der Waals surface area contributed by atoms with Crippen molar-refractivity contribution in [1.82, 2.24) is 0 Å². The maximum absolute atomic E-state index is 13.4. The van der Waals surface area contributed by atoms with Crippen molar-refractivity contribution in [2.24, 2.45) is 0 Å². The van der Waals surface area contributed by atoms with E-state index in [1.165, 1.54) is 25.0 Å². The first kappa shape index (κ1) is 60.9. The van der Waals surface area contributed by atoms with E-state index >= 15 is 0 Å². The van der Waals surface area contributed by atoms with Gasteiger partial charge >= 0.3 is 11.9 Å². The Bertz CT molecular complexity index is 2090. The van der Waals surface area contributed by atoms with Crippen LogP contribution >= 0.6 is 0 Å². The van der Waals surface area contributed by atoms with E-state index in [2.05, 4.69) is 41.5 Å². The number of ether oxygens (including phenoxy) is 8. The summed E-state index contributed by atoms with van der Waals surface area (Å²) in [4.78, 5) is 26.7. The molecule has 10 nitrogen and oxygen atoms in total. The molecule has 0 aliphatic rings. The van der Waals surface area contributed by atoms with Crippen LogP contribution in [0.5, 0.6) is 46.0 Å². The maximum atomic E-state index is 13.4. The van der Waals surface area contributed by atoms with Crippen LogP contribution in [0, 0.1) is 0 Å². The molecular formula is C64H92O10. The minimum Gasteiger partial charge on any atom is -0.490 e. The van der Waals surface area contributed by atoms with Crippen molar-refractivity contribution < 1.29 is 47.5 Å². The van der Waals surface area contributed by atoms with E-state index in [4.69, 9.17) is 37.9 Å². The van der Waals surface area contributed by atoms with Gasteiger partial charge in [-0.3, -0.25) is 0 Å². The second-order valence-electron chi connectivity index (χ2n) is 19.3. The molecule has 4 aromatic rings. The molecule has 0 radical (unpaired) electrons. The summed E-state index contributed by atoms with van der Waals surface area (Å²) in [5, 5.41) is 1.63. The Morgan fingerprint density at radius 3 is 0.946 bits per heavy atom. The Balaban J connectivity index is 1.49. The minimum absolute atomic E-state index is 0.385. The van der Waals surface area contributed by atoms with Crippen LogP contribution in [0.15, 0.2) is 72.8 Å². The topological polar surface area (TPSA) is 108 Å². The highest BCUT2D eigenvalue weighted by Gasteiger charge is 2.20. The molecule has 4 aromatic carbocycles. The molecule has 0 atom stereocenters. The van der Waals surface area contributed by atoms with Crippen LogP contribution < -0.4 is 37.9 Å². The van der Waals surface area contributed by atoms with Gasteiger partial charge in [0, 0.05) is 23.3 Å². The standard InChI is InChI=1S/C64H92O10/c1-7-13-19-25-43-67-57-39-33-51(61(69-45-27-21-15-9-3)63(57)71-47-29-23-17-11-5)35-41-59(65)73-55-37-31-54-50-56(38-32-53(54)49-55)74-60(66)42-36-52-34-40-58(68-44-26-20-14-8-2)64(72-48-30-24-18-12-6)62(52)70-46-28-22-16-10-4/h31-42,49-50H,7-30,43-48H2,1-6H3/b41-35+,42-36+. The summed E-state index contributed by atoms with van der Waals surface area (Å²) < 4.78 is 50.0. The Labute approximate surface area is 445 Å². The van der Waals surface area contributed by atoms with Gasteiger partial charge in [0.15, 0.2) is 23.0 Å². The van der Waals surface area contributed by atoms with E-state index in [1.54, 1.807) is 36.4 Å². The summed E-state index contributed by atoms with van der Waals surface area (Å²) in [5.74, 6) is 3.35. The predicted octanol–water partition coefficient (Wildman–Crippen LogP) is 17.8. The van der Waals surface area contributed by atoms with E-state index in [1.807, 2.05) is 36.4 Å². The smallest absolute Gasteiger partial charge is 0.336 e. The molecule has 408 valence electrons. The molecule has 0 aromatic heterocycles. The number of benzene rings is 4. The number of carbonyl (C=O) groups is 2. The van der Waals surface area contributed by atoms with Crippen molar-refractivity contribution >= 4 is 34.9 Å². The first-order chi connectivity index (χ1) is 36.3. The molecule has 0 amide bonds. The lowest BCUT2D eigenvalue weighted by Gasteiger charge is -2.19. The summed E-state index contributed by atoms with van der Waals surface area (Å²) in [5.41, 5.74) is 1.42. The molecule has 0 unspecified atom stereocenters. The minimum atomic E-state index is -0.533. The molecule has 0 bridgehead atoms. The molecule has 4 rings (SSSR count). The van der Waals surface area contributed by atoms with Crippen LogP contribution in [-0.2, 0) is 9.59 Å². The molecular weight excluding hydrogens is 929 g/mol. The SMILES string of the molecule is CCCCCCOc1ccc(/C=C/C(=O)Oc2ccc3cc(OC(=O)/C=C/c4ccc(OCCCCCC)c(OCCCCCC)c4OCCCCCC)ccc3c2)c(OCCCCCC)c1OCCCCCC. The summed E-state index contributed by atoms with van der Waals surface area (Å²) >= 11 is 0. The normalized spacial score (nSPS) is 11.4. The summed E-state index contributed by atoms with van der Waals surface area (Å²) in [6.45, 7) is 16.5. The first-order valence-electron chi connectivity index (χ1n) is 28.8. The molecule has 10 heteroatoms. The summed E-state index contributed by atoms with van der Waals surface area (Å²) in [6, 6.07) is 18.4. The van der Waals surface area contributed by atoms with Gasteiger partial charge in [-0.1, -0.05) is 169 Å². The number of hydrogen-bond acceptors (Lipinski definition) is 10. The van der Waals surface area contributed by atoms with Gasteiger partial charge in [-0.2, -0.15) is 0 Å². The molecule has 0 aliphatic carbocycles. The van der Waals surface area contributed by atoms with Crippen LogP contribution in [0.3, 0.4) is 0 Å². The van der Waals surface area contributed by atoms with E-state index in [0.29, 0.717) is 96.8 Å². The highest BCUT2D eigenvalue weighted by molar-refractivity contribution is 5.93.